The van der Waals surface area contributed by atoms with Crippen molar-refractivity contribution in [3.63, 3.8) is 0 Å². The number of nitriles is 1. The molecule has 0 radical (unpaired) electrons. The van der Waals surface area contributed by atoms with E-state index in [0.29, 0.717) is 11.3 Å². The van der Waals surface area contributed by atoms with Gasteiger partial charge in [-0.3, -0.25) is 0 Å². The van der Waals surface area contributed by atoms with Gasteiger partial charge in [0.25, 0.3) is 0 Å². The lowest BCUT2D eigenvalue weighted by atomic mass is 10.1. The summed E-state index contributed by atoms with van der Waals surface area (Å²) in [5.74, 6) is -0.874. The first-order valence-corrected chi connectivity index (χ1v) is 8.22. The summed E-state index contributed by atoms with van der Waals surface area (Å²) < 4.78 is 15.5. The summed E-state index contributed by atoms with van der Waals surface area (Å²) in [6.07, 6.45) is -0.929. The van der Waals surface area contributed by atoms with E-state index in [2.05, 4.69) is 10.6 Å². The standard InChI is InChI=1S/C18H19N3O6/c1-3-25-17(23)14-9-20-18(24)21-15(14)10-26-16(22)11(2)27-13-6-4-12(8-19)5-7-13/h4-7,11H,3,9-10H2,1-2H3,(H2,20,21,24)/t11-/m0/s1. The first kappa shape index (κ1) is 19.8. The van der Waals surface area contributed by atoms with E-state index >= 15 is 0 Å². The van der Waals surface area contributed by atoms with Crippen molar-refractivity contribution in [3.05, 3.63) is 41.1 Å². The Labute approximate surface area is 155 Å². The van der Waals surface area contributed by atoms with E-state index in [9.17, 15) is 14.4 Å². The van der Waals surface area contributed by atoms with Gasteiger partial charge in [0.15, 0.2) is 6.10 Å². The smallest absolute Gasteiger partial charge is 0.347 e. The molecule has 0 saturated heterocycles. The highest BCUT2D eigenvalue weighted by molar-refractivity contribution is 5.93. The van der Waals surface area contributed by atoms with Crippen LogP contribution in [0.15, 0.2) is 35.5 Å². The molecule has 1 aromatic rings. The normalized spacial score (nSPS) is 14.3. The average molecular weight is 373 g/mol. The van der Waals surface area contributed by atoms with Crippen molar-refractivity contribution in [2.45, 2.75) is 20.0 Å². The Morgan fingerprint density at radius 3 is 2.59 bits per heavy atom. The zero-order valence-corrected chi connectivity index (χ0v) is 14.9. The summed E-state index contributed by atoms with van der Waals surface area (Å²) in [7, 11) is 0. The quantitative estimate of drug-likeness (QED) is 0.683. The van der Waals surface area contributed by atoms with Gasteiger partial charge >= 0.3 is 18.0 Å². The molecular weight excluding hydrogens is 354 g/mol. The Morgan fingerprint density at radius 1 is 1.26 bits per heavy atom. The minimum absolute atomic E-state index is 0.0190. The first-order chi connectivity index (χ1) is 12.9. The lowest BCUT2D eigenvalue weighted by molar-refractivity contribution is -0.150. The molecule has 2 amide bonds. The van der Waals surface area contributed by atoms with E-state index < -0.39 is 24.1 Å². The zero-order valence-electron chi connectivity index (χ0n) is 14.9. The van der Waals surface area contributed by atoms with Crippen LogP contribution in [0.2, 0.25) is 0 Å². The van der Waals surface area contributed by atoms with Crippen molar-refractivity contribution in [3.8, 4) is 11.8 Å². The summed E-state index contributed by atoms with van der Waals surface area (Å²) in [6.45, 7) is 3.02. The molecule has 0 aliphatic carbocycles. The van der Waals surface area contributed by atoms with Crippen LogP contribution in [0.1, 0.15) is 19.4 Å². The molecule has 0 fully saturated rings. The number of urea groups is 1. The van der Waals surface area contributed by atoms with Crippen molar-refractivity contribution in [1.29, 1.82) is 5.26 Å². The zero-order chi connectivity index (χ0) is 19.8. The highest BCUT2D eigenvalue weighted by Crippen LogP contribution is 2.14. The molecule has 1 aromatic carbocycles. The number of ether oxygens (including phenoxy) is 3. The summed E-state index contributed by atoms with van der Waals surface area (Å²) in [4.78, 5) is 35.5. The predicted molar refractivity (Wildman–Crippen MR) is 92.4 cm³/mol. The van der Waals surface area contributed by atoms with Crippen molar-refractivity contribution in [2.24, 2.45) is 0 Å². The topological polar surface area (TPSA) is 127 Å². The SMILES string of the molecule is CCOC(=O)C1=C(COC(=O)[C@H](C)Oc2ccc(C#N)cc2)NC(=O)NC1. The number of hydrogen-bond donors (Lipinski definition) is 2. The number of carbonyl (C=O) groups excluding carboxylic acids is 3. The minimum atomic E-state index is -0.929. The van der Waals surface area contributed by atoms with Gasteiger partial charge in [0, 0.05) is 0 Å². The second-order valence-electron chi connectivity index (χ2n) is 5.49. The molecule has 142 valence electrons. The number of rotatable bonds is 7. The molecule has 0 aromatic heterocycles. The number of nitrogens with zero attached hydrogens (tertiary/aromatic N) is 1. The lowest BCUT2D eigenvalue weighted by Crippen LogP contribution is -2.45. The minimum Gasteiger partial charge on any atom is -0.479 e. The second-order valence-corrected chi connectivity index (χ2v) is 5.49. The van der Waals surface area contributed by atoms with Gasteiger partial charge in [0.2, 0.25) is 0 Å². The molecule has 0 saturated carbocycles. The van der Waals surface area contributed by atoms with E-state index in [4.69, 9.17) is 19.5 Å². The van der Waals surface area contributed by atoms with Crippen LogP contribution in [0.3, 0.4) is 0 Å². The molecule has 1 aliphatic heterocycles. The number of amides is 2. The summed E-state index contributed by atoms with van der Waals surface area (Å²) >= 11 is 0. The van der Waals surface area contributed by atoms with Crippen LogP contribution in [0.5, 0.6) is 5.75 Å². The van der Waals surface area contributed by atoms with E-state index in [0.717, 1.165) is 0 Å². The average Bonchev–Trinajstić information content (AvgIpc) is 2.66. The molecule has 9 heteroatoms. The molecule has 1 heterocycles. The Balaban J connectivity index is 1.97. The summed E-state index contributed by atoms with van der Waals surface area (Å²) in [5, 5.41) is 13.7. The van der Waals surface area contributed by atoms with Crippen LogP contribution in [-0.2, 0) is 19.1 Å². The second kappa shape index (κ2) is 9.24. The van der Waals surface area contributed by atoms with Gasteiger partial charge in [-0.2, -0.15) is 5.26 Å². The van der Waals surface area contributed by atoms with Crippen LogP contribution in [0, 0.1) is 11.3 Å². The lowest BCUT2D eigenvalue weighted by Gasteiger charge is -2.21. The van der Waals surface area contributed by atoms with Gasteiger partial charge < -0.3 is 24.8 Å². The Kier molecular flexibility index (Phi) is 6.77. The molecule has 2 rings (SSSR count). The highest BCUT2D eigenvalue weighted by atomic mass is 16.6. The van der Waals surface area contributed by atoms with Gasteiger partial charge in [-0.05, 0) is 38.1 Å². The van der Waals surface area contributed by atoms with Crippen LogP contribution in [-0.4, -0.2) is 43.8 Å². The molecule has 2 N–H and O–H groups in total. The third-order valence-electron chi connectivity index (χ3n) is 3.56. The monoisotopic (exact) mass is 373 g/mol. The fourth-order valence-corrected chi connectivity index (χ4v) is 2.19. The van der Waals surface area contributed by atoms with Crippen molar-refractivity contribution in [2.75, 3.05) is 19.8 Å². The maximum absolute atomic E-state index is 12.1. The fourth-order valence-electron chi connectivity index (χ4n) is 2.19. The fraction of sp³-hybridized carbons (Fsp3) is 0.333. The summed E-state index contributed by atoms with van der Waals surface area (Å²) in [6, 6.07) is 7.74. The van der Waals surface area contributed by atoms with E-state index in [1.54, 1.807) is 31.2 Å². The maximum atomic E-state index is 12.1. The van der Waals surface area contributed by atoms with Gasteiger partial charge in [-0.25, -0.2) is 14.4 Å². The van der Waals surface area contributed by atoms with Gasteiger partial charge in [-0.15, -0.1) is 0 Å². The molecule has 0 bridgehead atoms. The third-order valence-corrected chi connectivity index (χ3v) is 3.56. The number of esters is 2. The predicted octanol–water partition coefficient (Wildman–Crippen LogP) is 0.999. The largest absolute Gasteiger partial charge is 0.479 e. The maximum Gasteiger partial charge on any atom is 0.347 e. The van der Waals surface area contributed by atoms with Crippen molar-refractivity contribution < 1.29 is 28.6 Å². The third kappa shape index (κ3) is 5.47. The molecule has 0 unspecified atom stereocenters. The number of nitrogens with one attached hydrogen (secondary N) is 2. The van der Waals surface area contributed by atoms with Gasteiger partial charge in [-0.1, -0.05) is 0 Å². The van der Waals surface area contributed by atoms with Gasteiger partial charge in [0.1, 0.15) is 12.4 Å². The van der Waals surface area contributed by atoms with Crippen LogP contribution >= 0.6 is 0 Å². The Hall–Kier alpha value is -3.54. The molecule has 1 aliphatic rings. The van der Waals surface area contributed by atoms with E-state index in [1.807, 2.05) is 6.07 Å². The van der Waals surface area contributed by atoms with Crippen LogP contribution in [0.25, 0.3) is 0 Å². The molecular formula is C18H19N3O6. The van der Waals surface area contributed by atoms with Crippen molar-refractivity contribution in [1.82, 2.24) is 10.6 Å². The van der Waals surface area contributed by atoms with E-state index in [-0.39, 0.29) is 31.0 Å². The van der Waals surface area contributed by atoms with E-state index in [1.165, 1.54) is 6.92 Å². The molecule has 27 heavy (non-hydrogen) atoms. The van der Waals surface area contributed by atoms with Crippen LogP contribution < -0.4 is 15.4 Å². The molecule has 0 spiro atoms. The van der Waals surface area contributed by atoms with Gasteiger partial charge in [0.05, 0.1) is 36.1 Å². The number of carbonyl (C=O) groups is 3. The Bertz CT molecular complexity index is 794. The number of hydrogen-bond acceptors (Lipinski definition) is 7. The first-order valence-electron chi connectivity index (χ1n) is 8.22. The molecule has 9 nitrogen and oxygen atoms in total. The highest BCUT2D eigenvalue weighted by Gasteiger charge is 2.25. The summed E-state index contributed by atoms with van der Waals surface area (Å²) in [5.41, 5.74) is 0.818. The van der Waals surface area contributed by atoms with Crippen molar-refractivity contribution >= 4 is 18.0 Å². The number of benzene rings is 1. The molecule has 1 atom stereocenters. The van der Waals surface area contributed by atoms with Crippen LogP contribution in [0.4, 0.5) is 4.79 Å². The Morgan fingerprint density at radius 2 is 1.96 bits per heavy atom.